The van der Waals surface area contributed by atoms with Gasteiger partial charge >= 0.3 is 6.11 Å². The molecule has 20 heavy (non-hydrogen) atoms. The Morgan fingerprint density at radius 2 is 1.70 bits per heavy atom. The largest absolute Gasteiger partial charge is 0.432 e. The summed E-state index contributed by atoms with van der Waals surface area (Å²) in [5.74, 6) is -0.494. The van der Waals surface area contributed by atoms with Crippen LogP contribution in [0.3, 0.4) is 0 Å². The molecule has 1 aliphatic rings. The number of fused-ring (bicyclic) bond motifs is 1. The summed E-state index contributed by atoms with van der Waals surface area (Å²) in [5, 5.41) is 0. The quantitative estimate of drug-likeness (QED) is 0.724. The van der Waals surface area contributed by atoms with Crippen molar-refractivity contribution in [2.24, 2.45) is 5.92 Å². The van der Waals surface area contributed by atoms with Crippen LogP contribution in [0.2, 0.25) is 0 Å². The molecule has 3 rings (SSSR count). The van der Waals surface area contributed by atoms with Crippen LogP contribution < -0.4 is 4.74 Å². The van der Waals surface area contributed by atoms with E-state index in [0.29, 0.717) is 12.2 Å². The Labute approximate surface area is 117 Å². The smallest absolute Gasteiger partial charge is 0.400 e. The van der Waals surface area contributed by atoms with Gasteiger partial charge in [0.1, 0.15) is 5.75 Å². The lowest BCUT2D eigenvalue weighted by Gasteiger charge is -2.30. The Kier molecular flexibility index (Phi) is 3.00. The van der Waals surface area contributed by atoms with Crippen molar-refractivity contribution in [3.05, 3.63) is 53.6 Å². The highest BCUT2D eigenvalue weighted by atomic mass is 19.3. The molecule has 0 aliphatic carbocycles. The second-order valence-corrected chi connectivity index (χ2v) is 5.46. The highest BCUT2D eigenvalue weighted by Crippen LogP contribution is 2.40. The van der Waals surface area contributed by atoms with Gasteiger partial charge in [-0.05, 0) is 36.1 Å². The Hall–Kier alpha value is -1.90. The van der Waals surface area contributed by atoms with E-state index in [-0.39, 0.29) is 0 Å². The van der Waals surface area contributed by atoms with Crippen LogP contribution in [-0.4, -0.2) is 6.11 Å². The molecule has 1 heterocycles. The van der Waals surface area contributed by atoms with Crippen LogP contribution >= 0.6 is 0 Å². The van der Waals surface area contributed by atoms with Gasteiger partial charge in [0.05, 0.1) is 5.92 Å². The average Bonchev–Trinajstić information content (AvgIpc) is 2.40. The van der Waals surface area contributed by atoms with E-state index in [9.17, 15) is 8.78 Å². The van der Waals surface area contributed by atoms with Gasteiger partial charge in [0.25, 0.3) is 0 Å². The van der Waals surface area contributed by atoms with Gasteiger partial charge in [-0.25, -0.2) is 0 Å². The molecule has 1 nitrogen and oxygen atoms in total. The normalized spacial score (nSPS) is 20.1. The van der Waals surface area contributed by atoms with Crippen molar-refractivity contribution in [2.45, 2.75) is 26.4 Å². The number of rotatable bonds is 1. The Bertz CT molecular complexity index is 632. The topological polar surface area (TPSA) is 9.23 Å². The van der Waals surface area contributed by atoms with E-state index in [0.717, 1.165) is 16.7 Å². The number of alkyl halides is 2. The summed E-state index contributed by atoms with van der Waals surface area (Å²) < 4.78 is 32.2. The molecule has 0 bridgehead atoms. The highest BCUT2D eigenvalue weighted by molar-refractivity contribution is 5.66. The molecule has 0 radical (unpaired) electrons. The standard InChI is InChI=1S/C17H16F2O/c1-11-3-5-13(6-4-11)14-7-8-15-9-12(2)17(18,19)20-16(15)10-14/h3-8,10,12H,9H2,1-2H3. The van der Waals surface area contributed by atoms with Gasteiger partial charge < -0.3 is 4.74 Å². The number of aryl methyl sites for hydroxylation is 1. The van der Waals surface area contributed by atoms with Gasteiger partial charge in [-0.3, -0.25) is 0 Å². The summed E-state index contributed by atoms with van der Waals surface area (Å²) in [6, 6.07) is 13.5. The SMILES string of the molecule is Cc1ccc(-c2ccc3c(c2)OC(F)(F)C(C)C3)cc1. The van der Waals surface area contributed by atoms with Crippen LogP contribution in [0.25, 0.3) is 11.1 Å². The minimum atomic E-state index is -3.08. The molecule has 1 atom stereocenters. The lowest BCUT2D eigenvalue weighted by molar-refractivity contribution is -0.218. The predicted molar refractivity (Wildman–Crippen MR) is 75.1 cm³/mol. The van der Waals surface area contributed by atoms with Crippen molar-refractivity contribution in [2.75, 3.05) is 0 Å². The van der Waals surface area contributed by atoms with Crippen molar-refractivity contribution < 1.29 is 13.5 Å². The average molecular weight is 274 g/mol. The van der Waals surface area contributed by atoms with Crippen molar-refractivity contribution in [1.82, 2.24) is 0 Å². The van der Waals surface area contributed by atoms with E-state index in [1.54, 1.807) is 6.07 Å². The molecule has 0 saturated carbocycles. The first kappa shape index (κ1) is 13.1. The number of hydrogen-bond acceptors (Lipinski definition) is 1. The maximum absolute atomic E-state index is 13.6. The summed E-state index contributed by atoms with van der Waals surface area (Å²) in [6.07, 6.45) is -2.74. The molecule has 3 heteroatoms. The molecule has 1 unspecified atom stereocenters. The second-order valence-electron chi connectivity index (χ2n) is 5.46. The molecular weight excluding hydrogens is 258 g/mol. The zero-order valence-corrected chi connectivity index (χ0v) is 11.5. The lowest BCUT2D eigenvalue weighted by atomic mass is 9.94. The van der Waals surface area contributed by atoms with Crippen LogP contribution in [-0.2, 0) is 6.42 Å². The Balaban J connectivity index is 1.99. The first-order valence-electron chi connectivity index (χ1n) is 6.72. The third-order valence-electron chi connectivity index (χ3n) is 3.80. The molecule has 2 aromatic rings. The molecule has 1 aliphatic heterocycles. The fourth-order valence-corrected chi connectivity index (χ4v) is 2.44. The van der Waals surface area contributed by atoms with Crippen molar-refractivity contribution in [3.63, 3.8) is 0 Å². The Morgan fingerprint density at radius 3 is 2.40 bits per heavy atom. The fraction of sp³-hybridized carbons (Fsp3) is 0.294. The highest BCUT2D eigenvalue weighted by Gasteiger charge is 2.43. The molecule has 2 aromatic carbocycles. The van der Waals surface area contributed by atoms with E-state index in [1.807, 2.05) is 43.3 Å². The fourth-order valence-electron chi connectivity index (χ4n) is 2.44. The van der Waals surface area contributed by atoms with Crippen LogP contribution in [0.15, 0.2) is 42.5 Å². The summed E-state index contributed by atoms with van der Waals surface area (Å²) in [6.45, 7) is 3.53. The van der Waals surface area contributed by atoms with Crippen LogP contribution in [0.4, 0.5) is 8.78 Å². The third-order valence-corrected chi connectivity index (χ3v) is 3.80. The number of hydrogen-bond donors (Lipinski definition) is 0. The van der Waals surface area contributed by atoms with Gasteiger partial charge in [0.15, 0.2) is 0 Å². The van der Waals surface area contributed by atoms with Crippen molar-refractivity contribution in [3.8, 4) is 16.9 Å². The minimum Gasteiger partial charge on any atom is -0.432 e. The Morgan fingerprint density at radius 1 is 1.05 bits per heavy atom. The summed E-state index contributed by atoms with van der Waals surface area (Å²) in [7, 11) is 0. The van der Waals surface area contributed by atoms with Crippen molar-refractivity contribution in [1.29, 1.82) is 0 Å². The molecule has 0 saturated heterocycles. The summed E-state index contributed by atoms with van der Waals surface area (Å²) in [4.78, 5) is 0. The summed E-state index contributed by atoms with van der Waals surface area (Å²) >= 11 is 0. The third kappa shape index (κ3) is 2.28. The summed E-state index contributed by atoms with van der Waals surface area (Å²) in [5.41, 5.74) is 3.92. The molecule has 104 valence electrons. The van der Waals surface area contributed by atoms with Gasteiger partial charge in [-0.1, -0.05) is 48.9 Å². The molecule has 0 aromatic heterocycles. The van der Waals surface area contributed by atoms with E-state index >= 15 is 0 Å². The lowest BCUT2D eigenvalue weighted by Crippen LogP contribution is -2.37. The first-order valence-corrected chi connectivity index (χ1v) is 6.72. The van der Waals surface area contributed by atoms with Gasteiger partial charge in [-0.2, -0.15) is 8.78 Å². The molecule has 0 amide bonds. The van der Waals surface area contributed by atoms with Crippen LogP contribution in [0.1, 0.15) is 18.1 Å². The minimum absolute atomic E-state index is 0.297. The van der Waals surface area contributed by atoms with E-state index in [2.05, 4.69) is 0 Å². The van der Waals surface area contributed by atoms with E-state index in [1.165, 1.54) is 12.5 Å². The van der Waals surface area contributed by atoms with Gasteiger partial charge in [0, 0.05) is 0 Å². The van der Waals surface area contributed by atoms with Crippen molar-refractivity contribution >= 4 is 0 Å². The second kappa shape index (κ2) is 4.58. The number of halogens is 2. The molecule has 0 spiro atoms. The maximum atomic E-state index is 13.6. The zero-order chi connectivity index (χ0) is 14.3. The van der Waals surface area contributed by atoms with Gasteiger partial charge in [0.2, 0.25) is 0 Å². The number of ether oxygens (including phenoxy) is 1. The zero-order valence-electron chi connectivity index (χ0n) is 11.5. The number of benzene rings is 2. The predicted octanol–water partition coefficient (Wildman–Crippen LogP) is 4.83. The van der Waals surface area contributed by atoms with Gasteiger partial charge in [-0.15, -0.1) is 0 Å². The monoisotopic (exact) mass is 274 g/mol. The molecule has 0 N–H and O–H groups in total. The molecule has 0 fully saturated rings. The maximum Gasteiger partial charge on any atom is 0.400 e. The molecular formula is C17H16F2O. The van der Waals surface area contributed by atoms with E-state index < -0.39 is 12.0 Å². The first-order chi connectivity index (χ1) is 9.45. The van der Waals surface area contributed by atoms with Crippen LogP contribution in [0.5, 0.6) is 5.75 Å². The van der Waals surface area contributed by atoms with E-state index in [4.69, 9.17) is 4.74 Å². The van der Waals surface area contributed by atoms with Crippen LogP contribution in [0, 0.1) is 12.8 Å².